The van der Waals surface area contributed by atoms with Gasteiger partial charge in [0.1, 0.15) is 0 Å². The third-order valence-corrected chi connectivity index (χ3v) is 3.64. The van der Waals surface area contributed by atoms with Gasteiger partial charge in [-0.25, -0.2) is 9.59 Å². The lowest BCUT2D eigenvalue weighted by atomic mass is 10.1. The van der Waals surface area contributed by atoms with Crippen molar-refractivity contribution in [3.8, 4) is 11.5 Å². The van der Waals surface area contributed by atoms with Crippen molar-refractivity contribution in [3.05, 3.63) is 59.7 Å². The summed E-state index contributed by atoms with van der Waals surface area (Å²) in [6.45, 7) is -3.07. The van der Waals surface area contributed by atoms with E-state index in [0.717, 1.165) is 12.1 Å². The van der Waals surface area contributed by atoms with Crippen LogP contribution in [0.1, 0.15) is 22.0 Å². The highest BCUT2D eigenvalue weighted by atomic mass is 19.3. The molecule has 0 aromatic heterocycles. The first kappa shape index (κ1) is 21.6. The summed E-state index contributed by atoms with van der Waals surface area (Å²) in [6.07, 6.45) is -1.43. The van der Waals surface area contributed by atoms with Crippen molar-refractivity contribution in [2.24, 2.45) is 0 Å². The molecule has 29 heavy (non-hydrogen) atoms. The number of carbonyl (C=O) groups is 3. The number of esters is 1. The molecular weight excluding hydrogens is 390 g/mol. The molecule has 2 N–H and O–H groups in total. The average molecular weight is 408 g/mol. The summed E-state index contributed by atoms with van der Waals surface area (Å²) < 4.78 is 39.4. The van der Waals surface area contributed by atoms with Crippen LogP contribution in [0.4, 0.5) is 13.6 Å². The highest BCUT2D eigenvalue weighted by molar-refractivity contribution is 5.99. The van der Waals surface area contributed by atoms with Gasteiger partial charge < -0.3 is 19.5 Å². The van der Waals surface area contributed by atoms with Gasteiger partial charge in [0, 0.05) is 12.6 Å². The van der Waals surface area contributed by atoms with E-state index in [1.807, 2.05) is 5.32 Å². The number of nitrogens with one attached hydrogen (secondary N) is 2. The maximum absolute atomic E-state index is 12.5. The lowest BCUT2D eigenvalue weighted by Crippen LogP contribution is -2.41. The molecule has 0 aliphatic heterocycles. The molecule has 8 nitrogen and oxygen atoms in total. The average Bonchev–Trinajstić information content (AvgIpc) is 2.72. The molecule has 0 saturated heterocycles. The van der Waals surface area contributed by atoms with Crippen LogP contribution in [0, 0.1) is 0 Å². The van der Waals surface area contributed by atoms with Gasteiger partial charge in [0.05, 0.1) is 12.7 Å². The van der Waals surface area contributed by atoms with Gasteiger partial charge in [0.2, 0.25) is 6.10 Å². The van der Waals surface area contributed by atoms with Crippen LogP contribution in [0.15, 0.2) is 48.5 Å². The van der Waals surface area contributed by atoms with Gasteiger partial charge in [-0.15, -0.1) is 0 Å². The van der Waals surface area contributed by atoms with Crippen molar-refractivity contribution < 1.29 is 37.4 Å². The fourth-order valence-corrected chi connectivity index (χ4v) is 2.30. The van der Waals surface area contributed by atoms with Crippen molar-refractivity contribution in [1.29, 1.82) is 0 Å². The molecule has 0 heterocycles. The first-order chi connectivity index (χ1) is 13.8. The Morgan fingerprint density at radius 2 is 1.69 bits per heavy atom. The Kier molecular flexibility index (Phi) is 7.47. The number of imide groups is 1. The molecule has 0 fully saturated rings. The summed E-state index contributed by atoms with van der Waals surface area (Å²) in [7, 11) is 2.54. The number of hydrogen-bond acceptors (Lipinski definition) is 6. The lowest BCUT2D eigenvalue weighted by molar-refractivity contribution is -0.129. The van der Waals surface area contributed by atoms with E-state index in [1.54, 1.807) is 30.3 Å². The molecule has 0 aliphatic carbocycles. The summed E-state index contributed by atoms with van der Waals surface area (Å²) in [6, 6.07) is 10.7. The first-order valence-corrected chi connectivity index (χ1v) is 8.27. The summed E-state index contributed by atoms with van der Waals surface area (Å²) in [5.74, 6) is -2.19. The van der Waals surface area contributed by atoms with Crippen LogP contribution in [0.2, 0.25) is 0 Å². The molecule has 2 aromatic carbocycles. The fraction of sp³-hybridized carbons (Fsp3) is 0.211. The molecule has 2 aromatic rings. The van der Waals surface area contributed by atoms with Gasteiger partial charge in [-0.1, -0.05) is 30.3 Å². The van der Waals surface area contributed by atoms with Crippen molar-refractivity contribution in [2.45, 2.75) is 12.7 Å². The van der Waals surface area contributed by atoms with Gasteiger partial charge in [-0.2, -0.15) is 8.78 Å². The molecule has 0 radical (unpaired) electrons. The quantitative estimate of drug-likeness (QED) is 0.683. The molecule has 3 amide bonds. The fourth-order valence-electron chi connectivity index (χ4n) is 2.30. The third kappa shape index (κ3) is 5.89. The van der Waals surface area contributed by atoms with Gasteiger partial charge in [-0.3, -0.25) is 10.1 Å². The largest absolute Gasteiger partial charge is 0.493 e. The van der Waals surface area contributed by atoms with Crippen molar-refractivity contribution in [2.75, 3.05) is 14.2 Å². The van der Waals surface area contributed by atoms with Gasteiger partial charge in [0.25, 0.3) is 5.91 Å². The van der Waals surface area contributed by atoms with Crippen LogP contribution in [-0.4, -0.2) is 38.7 Å². The Hall–Kier alpha value is -3.69. The molecule has 1 atom stereocenters. The smallest absolute Gasteiger partial charge is 0.387 e. The van der Waals surface area contributed by atoms with Crippen LogP contribution >= 0.6 is 0 Å². The zero-order valence-corrected chi connectivity index (χ0v) is 15.5. The second-order valence-corrected chi connectivity index (χ2v) is 5.51. The number of ether oxygens (including phenoxy) is 3. The number of hydrogen-bond donors (Lipinski definition) is 2. The second-order valence-electron chi connectivity index (χ2n) is 5.51. The van der Waals surface area contributed by atoms with Crippen molar-refractivity contribution in [1.82, 2.24) is 10.6 Å². The van der Waals surface area contributed by atoms with Crippen molar-refractivity contribution >= 4 is 17.9 Å². The summed E-state index contributed by atoms with van der Waals surface area (Å²) >= 11 is 0. The van der Waals surface area contributed by atoms with Gasteiger partial charge in [-0.05, 0) is 18.2 Å². The van der Waals surface area contributed by atoms with E-state index in [-0.39, 0.29) is 17.1 Å². The van der Waals surface area contributed by atoms with Crippen LogP contribution < -0.4 is 20.1 Å². The first-order valence-electron chi connectivity index (χ1n) is 8.27. The number of benzene rings is 2. The van der Waals surface area contributed by atoms with Crippen molar-refractivity contribution in [3.63, 3.8) is 0 Å². The SMILES string of the molecule is CNC(=O)NC(=O)[C@@H](OC(=O)c1ccc(OC(F)F)c(OC)c1)c1ccccc1. The molecular formula is C19H18F2N2O6. The molecule has 2 rings (SSSR count). The number of urea groups is 1. The van der Waals surface area contributed by atoms with Crippen LogP contribution in [0.3, 0.4) is 0 Å². The van der Waals surface area contributed by atoms with E-state index in [1.165, 1.54) is 20.2 Å². The molecule has 154 valence electrons. The van der Waals surface area contributed by atoms with Gasteiger partial charge >= 0.3 is 18.6 Å². The van der Waals surface area contributed by atoms with Crippen LogP contribution in [0.5, 0.6) is 11.5 Å². The topological polar surface area (TPSA) is 103 Å². The van der Waals surface area contributed by atoms with Crippen LogP contribution in [0.25, 0.3) is 0 Å². The van der Waals surface area contributed by atoms with Crippen LogP contribution in [-0.2, 0) is 9.53 Å². The molecule has 0 spiro atoms. The normalized spacial score (nSPS) is 11.3. The maximum Gasteiger partial charge on any atom is 0.387 e. The van der Waals surface area contributed by atoms with Gasteiger partial charge in [0.15, 0.2) is 11.5 Å². The summed E-state index contributed by atoms with van der Waals surface area (Å²) in [5, 5.41) is 4.27. The molecule has 0 aliphatic rings. The van der Waals surface area contributed by atoms with E-state index in [2.05, 4.69) is 10.1 Å². The standard InChI is InChI=1S/C19H18F2N2O6/c1-22-19(26)23-16(24)15(11-6-4-3-5-7-11)29-17(25)12-8-9-13(28-18(20)21)14(10-12)27-2/h3-10,15,18H,1-2H3,(H2,22,23,24,26)/t15-/m0/s1. The van der Waals surface area contributed by atoms with E-state index >= 15 is 0 Å². The third-order valence-electron chi connectivity index (χ3n) is 3.64. The Bertz CT molecular complexity index is 876. The van der Waals surface area contributed by atoms with E-state index < -0.39 is 30.6 Å². The zero-order chi connectivity index (χ0) is 21.4. The number of halogens is 2. The molecule has 0 saturated carbocycles. The minimum absolute atomic E-state index is 0.0721. The zero-order valence-electron chi connectivity index (χ0n) is 15.5. The second kappa shape index (κ2) is 10.0. The number of methoxy groups -OCH3 is 1. The minimum atomic E-state index is -3.07. The van der Waals surface area contributed by atoms with E-state index in [9.17, 15) is 23.2 Å². The summed E-state index contributed by atoms with van der Waals surface area (Å²) in [4.78, 5) is 36.4. The lowest BCUT2D eigenvalue weighted by Gasteiger charge is -2.18. The Balaban J connectivity index is 2.27. The Morgan fingerprint density at radius 1 is 1.00 bits per heavy atom. The Labute approximate surface area is 164 Å². The predicted molar refractivity (Wildman–Crippen MR) is 96.8 cm³/mol. The summed E-state index contributed by atoms with van der Waals surface area (Å²) in [5.41, 5.74) is 0.254. The Morgan fingerprint density at radius 3 is 2.28 bits per heavy atom. The number of alkyl halides is 2. The number of rotatable bonds is 7. The molecule has 10 heteroatoms. The minimum Gasteiger partial charge on any atom is -0.493 e. The van der Waals surface area contributed by atoms with E-state index in [4.69, 9.17) is 9.47 Å². The monoisotopic (exact) mass is 408 g/mol. The highest BCUT2D eigenvalue weighted by Gasteiger charge is 2.27. The number of amides is 3. The maximum atomic E-state index is 12.5. The predicted octanol–water partition coefficient (Wildman–Crippen LogP) is 2.65. The van der Waals surface area contributed by atoms with E-state index in [0.29, 0.717) is 5.56 Å². The molecule has 0 unspecified atom stereocenters. The molecule has 0 bridgehead atoms. The number of carbonyl (C=O) groups excluding carboxylic acids is 3. The highest BCUT2D eigenvalue weighted by Crippen LogP contribution is 2.30.